The van der Waals surface area contributed by atoms with E-state index in [1.165, 1.54) is 31.4 Å². The van der Waals surface area contributed by atoms with Gasteiger partial charge in [0.05, 0.1) is 24.8 Å². The third-order valence-electron chi connectivity index (χ3n) is 4.49. The van der Waals surface area contributed by atoms with Gasteiger partial charge in [0.2, 0.25) is 0 Å². The fourth-order valence-corrected chi connectivity index (χ4v) is 3.91. The maximum absolute atomic E-state index is 12.6. The van der Waals surface area contributed by atoms with Crippen LogP contribution in [0.25, 0.3) is 0 Å². The van der Waals surface area contributed by atoms with E-state index < -0.39 is 10.0 Å². The van der Waals surface area contributed by atoms with Crippen LogP contribution >= 0.6 is 0 Å². The van der Waals surface area contributed by atoms with Crippen molar-refractivity contribution in [2.24, 2.45) is 0 Å². The minimum atomic E-state index is -3.78. The normalized spacial score (nSPS) is 10.8. The quantitative estimate of drug-likeness (QED) is 0.486. The summed E-state index contributed by atoms with van der Waals surface area (Å²) in [5.74, 6) is 1.29. The van der Waals surface area contributed by atoms with Gasteiger partial charge in [-0.2, -0.15) is 0 Å². The highest BCUT2D eigenvalue weighted by molar-refractivity contribution is 7.92. The molecule has 3 aromatic rings. The predicted molar refractivity (Wildman–Crippen MR) is 121 cm³/mol. The number of carbonyl (C=O) groups is 1. The van der Waals surface area contributed by atoms with E-state index in [0.717, 1.165) is 5.56 Å². The van der Waals surface area contributed by atoms with Crippen LogP contribution in [0.3, 0.4) is 0 Å². The summed E-state index contributed by atoms with van der Waals surface area (Å²) in [4.78, 5) is 12.1. The first-order valence-electron chi connectivity index (χ1n) is 9.69. The molecule has 0 spiro atoms. The number of carbonyl (C=O) groups excluding carboxylic acids is 1. The summed E-state index contributed by atoms with van der Waals surface area (Å²) in [6, 6.07) is 19.8. The van der Waals surface area contributed by atoms with Crippen molar-refractivity contribution >= 4 is 21.6 Å². The second-order valence-electron chi connectivity index (χ2n) is 6.69. The minimum Gasteiger partial charge on any atom is -0.497 e. The Bertz CT molecular complexity index is 1160. The molecule has 0 bridgehead atoms. The molecular weight excluding hydrogens is 432 g/mol. The lowest BCUT2D eigenvalue weighted by atomic mass is 10.2. The van der Waals surface area contributed by atoms with Crippen molar-refractivity contribution < 1.29 is 27.4 Å². The van der Waals surface area contributed by atoms with Crippen LogP contribution in [0, 0.1) is 0 Å². The molecule has 3 rings (SSSR count). The van der Waals surface area contributed by atoms with Crippen LogP contribution in [0.4, 0.5) is 5.69 Å². The van der Waals surface area contributed by atoms with E-state index in [-0.39, 0.29) is 17.4 Å². The number of anilines is 1. The molecule has 0 aliphatic carbocycles. The molecule has 0 aliphatic rings. The van der Waals surface area contributed by atoms with E-state index in [1.54, 1.807) is 31.4 Å². The van der Waals surface area contributed by atoms with Crippen molar-refractivity contribution in [3.05, 3.63) is 78.4 Å². The second-order valence-corrected chi connectivity index (χ2v) is 8.37. The SMILES string of the molecule is COc1cccc(NS(=O)(=O)c2ccc(OCC(=O)NCc3ccccc3OC)cc2)c1. The number of ether oxygens (including phenoxy) is 3. The molecule has 8 nitrogen and oxygen atoms in total. The van der Waals surface area contributed by atoms with Crippen LogP contribution in [0.2, 0.25) is 0 Å². The lowest BCUT2D eigenvalue weighted by Gasteiger charge is -2.11. The summed E-state index contributed by atoms with van der Waals surface area (Å²) in [6.07, 6.45) is 0. The molecule has 0 fully saturated rings. The molecule has 0 atom stereocenters. The van der Waals surface area contributed by atoms with Gasteiger partial charge in [-0.25, -0.2) is 8.42 Å². The Kier molecular flexibility index (Phi) is 7.56. The Morgan fingerprint density at radius 1 is 0.875 bits per heavy atom. The predicted octanol–water partition coefficient (Wildman–Crippen LogP) is 3.20. The van der Waals surface area contributed by atoms with E-state index in [1.807, 2.05) is 24.3 Å². The van der Waals surface area contributed by atoms with Gasteiger partial charge in [-0.1, -0.05) is 24.3 Å². The number of hydrogen-bond acceptors (Lipinski definition) is 6. The summed E-state index contributed by atoms with van der Waals surface area (Å²) in [7, 11) is -0.710. The van der Waals surface area contributed by atoms with E-state index in [2.05, 4.69) is 10.0 Å². The number of para-hydroxylation sites is 1. The Labute approximate surface area is 187 Å². The Hall–Kier alpha value is -3.72. The third kappa shape index (κ3) is 6.14. The first-order valence-corrected chi connectivity index (χ1v) is 11.2. The second kappa shape index (κ2) is 10.5. The van der Waals surface area contributed by atoms with Crippen molar-refractivity contribution in [2.45, 2.75) is 11.4 Å². The molecule has 3 aromatic carbocycles. The van der Waals surface area contributed by atoms with Gasteiger partial charge >= 0.3 is 0 Å². The van der Waals surface area contributed by atoms with Crippen LogP contribution < -0.4 is 24.2 Å². The number of benzene rings is 3. The summed E-state index contributed by atoms with van der Waals surface area (Å²) in [5, 5.41) is 2.76. The lowest BCUT2D eigenvalue weighted by molar-refractivity contribution is -0.123. The molecule has 0 aromatic heterocycles. The van der Waals surface area contributed by atoms with Gasteiger partial charge in [-0.05, 0) is 42.5 Å². The van der Waals surface area contributed by atoms with Crippen LogP contribution in [0.5, 0.6) is 17.2 Å². The highest BCUT2D eigenvalue weighted by atomic mass is 32.2. The maximum Gasteiger partial charge on any atom is 0.261 e. The van der Waals surface area contributed by atoms with Gasteiger partial charge in [-0.3, -0.25) is 9.52 Å². The molecular formula is C23H24N2O6S. The van der Waals surface area contributed by atoms with E-state index in [4.69, 9.17) is 14.2 Å². The van der Waals surface area contributed by atoms with Crippen molar-refractivity contribution in [1.82, 2.24) is 5.32 Å². The van der Waals surface area contributed by atoms with Crippen LogP contribution in [0.1, 0.15) is 5.56 Å². The van der Waals surface area contributed by atoms with Gasteiger partial charge in [0, 0.05) is 18.2 Å². The average molecular weight is 457 g/mol. The molecule has 0 saturated heterocycles. The van der Waals surface area contributed by atoms with Gasteiger partial charge in [0.15, 0.2) is 6.61 Å². The molecule has 0 aliphatic heterocycles. The molecule has 32 heavy (non-hydrogen) atoms. The molecule has 9 heteroatoms. The number of methoxy groups -OCH3 is 2. The maximum atomic E-state index is 12.6. The summed E-state index contributed by atoms with van der Waals surface area (Å²) >= 11 is 0. The number of rotatable bonds is 10. The Morgan fingerprint density at radius 2 is 1.62 bits per heavy atom. The van der Waals surface area contributed by atoms with Gasteiger partial charge in [0.1, 0.15) is 17.2 Å². The molecule has 0 unspecified atom stereocenters. The minimum absolute atomic E-state index is 0.0632. The Morgan fingerprint density at radius 3 is 2.34 bits per heavy atom. The zero-order valence-electron chi connectivity index (χ0n) is 17.7. The summed E-state index contributed by atoms with van der Waals surface area (Å²) < 4.78 is 43.5. The van der Waals surface area contributed by atoms with Gasteiger partial charge in [-0.15, -0.1) is 0 Å². The highest BCUT2D eigenvalue weighted by Crippen LogP contribution is 2.22. The van der Waals surface area contributed by atoms with Crippen molar-refractivity contribution in [3.8, 4) is 17.2 Å². The van der Waals surface area contributed by atoms with Crippen molar-refractivity contribution in [2.75, 3.05) is 25.5 Å². The monoisotopic (exact) mass is 456 g/mol. The van der Waals surface area contributed by atoms with Gasteiger partial charge < -0.3 is 19.5 Å². The average Bonchev–Trinajstić information content (AvgIpc) is 2.81. The first-order chi connectivity index (χ1) is 15.4. The zero-order valence-corrected chi connectivity index (χ0v) is 18.5. The standard InChI is InChI=1S/C23H24N2O6S/c1-29-20-8-5-7-18(14-20)25-32(27,28)21-12-10-19(11-13-21)31-16-23(26)24-15-17-6-3-4-9-22(17)30-2/h3-14,25H,15-16H2,1-2H3,(H,24,26). The van der Waals surface area contributed by atoms with E-state index >= 15 is 0 Å². The topological polar surface area (TPSA) is 103 Å². The molecule has 2 N–H and O–H groups in total. The number of hydrogen-bond donors (Lipinski definition) is 2. The van der Waals surface area contributed by atoms with Crippen LogP contribution in [-0.4, -0.2) is 35.2 Å². The summed E-state index contributed by atoms with van der Waals surface area (Å²) in [5.41, 5.74) is 1.23. The molecule has 0 saturated carbocycles. The van der Waals surface area contributed by atoms with Crippen LogP contribution in [0.15, 0.2) is 77.7 Å². The Balaban J connectivity index is 1.54. The number of sulfonamides is 1. The van der Waals surface area contributed by atoms with Crippen molar-refractivity contribution in [3.63, 3.8) is 0 Å². The fraction of sp³-hybridized carbons (Fsp3) is 0.174. The molecule has 0 radical (unpaired) electrons. The van der Waals surface area contributed by atoms with Crippen molar-refractivity contribution in [1.29, 1.82) is 0 Å². The van der Waals surface area contributed by atoms with Crippen LogP contribution in [-0.2, 0) is 21.4 Å². The van der Waals surface area contributed by atoms with E-state index in [0.29, 0.717) is 29.5 Å². The molecule has 1 amide bonds. The number of nitrogens with one attached hydrogen (secondary N) is 2. The largest absolute Gasteiger partial charge is 0.497 e. The lowest BCUT2D eigenvalue weighted by Crippen LogP contribution is -2.28. The number of amides is 1. The smallest absolute Gasteiger partial charge is 0.261 e. The zero-order chi connectivity index (χ0) is 23.0. The van der Waals surface area contributed by atoms with E-state index in [9.17, 15) is 13.2 Å². The van der Waals surface area contributed by atoms with Gasteiger partial charge in [0.25, 0.3) is 15.9 Å². The fourth-order valence-electron chi connectivity index (χ4n) is 2.86. The highest BCUT2D eigenvalue weighted by Gasteiger charge is 2.15. The third-order valence-corrected chi connectivity index (χ3v) is 5.89. The molecule has 168 valence electrons. The first kappa shape index (κ1) is 23.0. The summed E-state index contributed by atoms with van der Waals surface area (Å²) in [6.45, 7) is 0.0998. The molecule has 0 heterocycles.